The Kier molecular flexibility index (Phi) is 5.54. The highest BCUT2D eigenvalue weighted by atomic mass is 32.2. The largest absolute Gasteiger partial charge is 0.428 e. The Labute approximate surface area is 138 Å². The second-order valence-corrected chi connectivity index (χ2v) is 10.4. The van der Waals surface area contributed by atoms with Crippen molar-refractivity contribution in [3.63, 3.8) is 0 Å². The lowest BCUT2D eigenvalue weighted by Gasteiger charge is -2.27. The first-order valence-corrected chi connectivity index (χ1v) is 11.2. The summed E-state index contributed by atoms with van der Waals surface area (Å²) in [6.07, 6.45) is 1.02. The van der Waals surface area contributed by atoms with E-state index >= 15 is 0 Å². The number of fused-ring (bicyclic) bond motifs is 1. The van der Waals surface area contributed by atoms with Crippen molar-refractivity contribution in [2.24, 2.45) is 0 Å². The van der Waals surface area contributed by atoms with E-state index in [0.717, 1.165) is 18.5 Å². The molecule has 3 rings (SSSR count). The van der Waals surface area contributed by atoms with Gasteiger partial charge in [0.2, 0.25) is 8.32 Å². The van der Waals surface area contributed by atoms with Gasteiger partial charge >= 0.3 is 0 Å². The van der Waals surface area contributed by atoms with E-state index in [1.54, 1.807) is 18.2 Å². The van der Waals surface area contributed by atoms with Gasteiger partial charge in [0.05, 0.1) is 4.90 Å². The van der Waals surface area contributed by atoms with Gasteiger partial charge in [-0.2, -0.15) is 8.42 Å². The molecular weight excluding hydrogens is 328 g/mol. The predicted octanol–water partition coefficient (Wildman–Crippen LogP) is 2.92. The summed E-state index contributed by atoms with van der Waals surface area (Å²) in [5.74, 6) is 0. The van der Waals surface area contributed by atoms with Gasteiger partial charge in [0.15, 0.2) is 0 Å². The van der Waals surface area contributed by atoms with E-state index in [1.807, 2.05) is 11.8 Å². The molecule has 2 N–H and O–H groups in total. The molecule has 0 bridgehead atoms. The quantitative estimate of drug-likeness (QED) is 0.646. The fraction of sp³-hybridized carbons (Fsp3) is 0.176. The number of hydrogen-bond donors (Lipinski definition) is 2. The maximum absolute atomic E-state index is 10.4. The first kappa shape index (κ1) is 17.6. The zero-order valence-electron chi connectivity index (χ0n) is 12.7. The average Bonchev–Trinajstić information content (AvgIpc) is 2.55. The summed E-state index contributed by atoms with van der Waals surface area (Å²) in [7, 11) is -6.10. The molecule has 1 heterocycles. The van der Waals surface area contributed by atoms with Gasteiger partial charge in [0.25, 0.3) is 10.1 Å². The molecule has 0 spiro atoms. The van der Waals surface area contributed by atoms with Crippen LogP contribution in [0.1, 0.15) is 11.1 Å². The standard InChI is InChI=1S/C11H14OSi.C6H6O3S/c1-2-13(12)8-7-10-5-3-4-6-11(10)9-13;7-10(8,9)6-4-2-1-3-5-6/h2-6,12H,1,7-9H2;1-5H,(H,7,8,9). The van der Waals surface area contributed by atoms with Gasteiger partial charge in [-0.25, -0.2) is 0 Å². The Morgan fingerprint density at radius 2 is 1.57 bits per heavy atom. The molecule has 122 valence electrons. The topological polar surface area (TPSA) is 74.6 Å². The fourth-order valence-corrected chi connectivity index (χ4v) is 5.24. The van der Waals surface area contributed by atoms with Gasteiger partial charge in [-0.15, -0.1) is 6.58 Å². The smallest absolute Gasteiger partial charge is 0.294 e. The number of aryl methyl sites for hydroxylation is 1. The van der Waals surface area contributed by atoms with Gasteiger partial charge in [-0.3, -0.25) is 4.55 Å². The summed E-state index contributed by atoms with van der Waals surface area (Å²) in [6, 6.07) is 17.6. The maximum Gasteiger partial charge on any atom is 0.294 e. The summed E-state index contributed by atoms with van der Waals surface area (Å²) in [6.45, 7) is 3.74. The average molecular weight is 348 g/mol. The molecule has 2 aromatic rings. The van der Waals surface area contributed by atoms with E-state index in [0.29, 0.717) is 0 Å². The van der Waals surface area contributed by atoms with Crippen molar-refractivity contribution >= 4 is 18.4 Å². The summed E-state index contributed by atoms with van der Waals surface area (Å²) < 4.78 is 29.2. The Hall–Kier alpha value is -1.73. The third kappa shape index (κ3) is 4.87. The van der Waals surface area contributed by atoms with Gasteiger partial charge in [0, 0.05) is 0 Å². The van der Waals surface area contributed by atoms with E-state index in [4.69, 9.17) is 4.55 Å². The zero-order chi connectivity index (χ0) is 16.9. The Balaban J connectivity index is 0.000000174. The number of rotatable bonds is 2. The van der Waals surface area contributed by atoms with Crippen LogP contribution in [-0.4, -0.2) is 26.1 Å². The van der Waals surface area contributed by atoms with E-state index in [-0.39, 0.29) is 4.90 Å². The van der Waals surface area contributed by atoms with Gasteiger partial charge in [-0.1, -0.05) is 48.2 Å². The van der Waals surface area contributed by atoms with Crippen LogP contribution in [0.25, 0.3) is 0 Å². The van der Waals surface area contributed by atoms with Crippen LogP contribution in [0, 0.1) is 0 Å². The molecule has 2 aromatic carbocycles. The lowest BCUT2D eigenvalue weighted by Crippen LogP contribution is -2.39. The molecule has 0 aliphatic carbocycles. The van der Waals surface area contributed by atoms with Crippen molar-refractivity contribution in [3.05, 3.63) is 78.0 Å². The normalized spacial score (nSPS) is 19.9. The van der Waals surface area contributed by atoms with Gasteiger partial charge in [0.1, 0.15) is 0 Å². The lowest BCUT2D eigenvalue weighted by molar-refractivity contribution is 0.483. The molecule has 1 aliphatic heterocycles. The Morgan fingerprint density at radius 1 is 1.00 bits per heavy atom. The van der Waals surface area contributed by atoms with Crippen molar-refractivity contribution in [1.29, 1.82) is 0 Å². The molecular formula is C17H20O4SSi. The first-order chi connectivity index (χ1) is 10.8. The third-order valence-corrected chi connectivity index (χ3v) is 7.60. The summed E-state index contributed by atoms with van der Waals surface area (Å²) in [5, 5.41) is 0. The van der Waals surface area contributed by atoms with Crippen LogP contribution in [-0.2, 0) is 22.6 Å². The second-order valence-electron chi connectivity index (χ2n) is 5.54. The molecule has 6 heteroatoms. The third-order valence-electron chi connectivity index (χ3n) is 3.86. The molecule has 4 nitrogen and oxygen atoms in total. The van der Waals surface area contributed by atoms with E-state index in [2.05, 4.69) is 24.8 Å². The first-order valence-electron chi connectivity index (χ1n) is 7.29. The minimum absolute atomic E-state index is 0.0741. The highest BCUT2D eigenvalue weighted by Crippen LogP contribution is 2.26. The zero-order valence-corrected chi connectivity index (χ0v) is 14.5. The molecule has 1 atom stereocenters. The summed E-state index contributed by atoms with van der Waals surface area (Å²) in [4.78, 5) is 10.1. The molecule has 1 aliphatic rings. The SMILES string of the molecule is C=C[Si]1(O)CCc2ccccc2C1.O=S(=O)(O)c1ccccc1. The number of benzene rings is 2. The molecule has 1 unspecified atom stereocenters. The Bertz CT molecular complexity index is 774. The fourth-order valence-electron chi connectivity index (χ4n) is 2.51. The monoisotopic (exact) mass is 348 g/mol. The Morgan fingerprint density at radius 3 is 2.09 bits per heavy atom. The van der Waals surface area contributed by atoms with Crippen molar-refractivity contribution in [1.82, 2.24) is 0 Å². The van der Waals surface area contributed by atoms with E-state index < -0.39 is 18.4 Å². The van der Waals surface area contributed by atoms with Crippen LogP contribution in [0.5, 0.6) is 0 Å². The minimum Gasteiger partial charge on any atom is -0.428 e. The lowest BCUT2D eigenvalue weighted by atomic mass is 10.1. The number of hydrogen-bond acceptors (Lipinski definition) is 3. The van der Waals surface area contributed by atoms with Crippen molar-refractivity contribution in [2.45, 2.75) is 23.4 Å². The maximum atomic E-state index is 10.4. The van der Waals surface area contributed by atoms with E-state index in [9.17, 15) is 13.2 Å². The molecule has 23 heavy (non-hydrogen) atoms. The second kappa shape index (κ2) is 7.23. The van der Waals surface area contributed by atoms with Crippen LogP contribution in [0.2, 0.25) is 6.04 Å². The van der Waals surface area contributed by atoms with Crippen LogP contribution >= 0.6 is 0 Å². The van der Waals surface area contributed by atoms with Crippen LogP contribution in [0.15, 0.2) is 71.8 Å². The molecule has 0 radical (unpaired) electrons. The van der Waals surface area contributed by atoms with Crippen LogP contribution < -0.4 is 0 Å². The highest BCUT2D eigenvalue weighted by Gasteiger charge is 2.31. The van der Waals surface area contributed by atoms with E-state index in [1.165, 1.54) is 23.3 Å². The van der Waals surface area contributed by atoms with Crippen molar-refractivity contribution in [3.8, 4) is 0 Å². The highest BCUT2D eigenvalue weighted by molar-refractivity contribution is 7.85. The molecule has 0 saturated carbocycles. The molecule has 0 amide bonds. The van der Waals surface area contributed by atoms with Gasteiger partial charge in [-0.05, 0) is 41.8 Å². The molecule has 0 fully saturated rings. The van der Waals surface area contributed by atoms with Crippen molar-refractivity contribution in [2.75, 3.05) is 0 Å². The minimum atomic E-state index is -4.00. The predicted molar refractivity (Wildman–Crippen MR) is 93.1 cm³/mol. The summed E-state index contributed by atoms with van der Waals surface area (Å²) >= 11 is 0. The van der Waals surface area contributed by atoms with Crippen LogP contribution in [0.4, 0.5) is 0 Å². The van der Waals surface area contributed by atoms with Crippen LogP contribution in [0.3, 0.4) is 0 Å². The molecule has 0 aromatic heterocycles. The summed E-state index contributed by atoms with van der Waals surface area (Å²) in [5.41, 5.74) is 4.53. The van der Waals surface area contributed by atoms with Gasteiger partial charge < -0.3 is 4.80 Å². The molecule has 0 saturated heterocycles. The van der Waals surface area contributed by atoms with Crippen molar-refractivity contribution < 1.29 is 17.8 Å².